The first-order valence-corrected chi connectivity index (χ1v) is 15.6. The fourth-order valence-corrected chi connectivity index (χ4v) is 6.04. The quantitative estimate of drug-likeness (QED) is 0.245. The lowest BCUT2D eigenvalue weighted by Gasteiger charge is -2.39. The maximum atomic E-state index is 13.7. The van der Waals surface area contributed by atoms with E-state index in [1.54, 1.807) is 0 Å². The van der Waals surface area contributed by atoms with E-state index in [4.69, 9.17) is 27.8 Å². The summed E-state index contributed by atoms with van der Waals surface area (Å²) in [5.74, 6) is 0.380. The standard InChI is InChI=1S/C33H38ClN9O3/c1-32(2,3)20-7-9-21(10-8-20)46-18-17-42-14-11-22-23(5-4-6-24(22)42)30(45)43-15-12-33(13-16-43)19-37-31(41-33)40-29(44)25-27(35)39-28(36)26(34)38-25/h4-11,14H,12-13,15-19H2,1-3H3,(H4,35,36,39)(H2,37,40,41,44). The predicted molar refractivity (Wildman–Crippen MR) is 179 cm³/mol. The summed E-state index contributed by atoms with van der Waals surface area (Å²) in [5.41, 5.74) is 13.9. The number of hydrogen-bond donors (Lipinski definition) is 4. The van der Waals surface area contributed by atoms with Crippen LogP contribution in [0, 0.1) is 0 Å². The predicted octanol–water partition coefficient (Wildman–Crippen LogP) is 3.99. The highest BCUT2D eigenvalue weighted by Crippen LogP contribution is 2.29. The summed E-state index contributed by atoms with van der Waals surface area (Å²) in [5, 5.41) is 6.85. The molecule has 2 aliphatic rings. The molecule has 2 amide bonds. The van der Waals surface area contributed by atoms with E-state index >= 15 is 0 Å². The number of nitrogens with zero attached hydrogens (tertiary/aromatic N) is 5. The Kier molecular flexibility index (Phi) is 8.24. The highest BCUT2D eigenvalue weighted by molar-refractivity contribution is 6.31. The van der Waals surface area contributed by atoms with Gasteiger partial charge in [-0.2, -0.15) is 0 Å². The normalized spacial score (nSPS) is 15.9. The molecule has 13 heteroatoms. The average Bonchev–Trinajstić information content (AvgIpc) is 3.62. The lowest BCUT2D eigenvalue weighted by Crippen LogP contribution is -2.57. The van der Waals surface area contributed by atoms with Gasteiger partial charge >= 0.3 is 0 Å². The molecule has 0 bridgehead atoms. The van der Waals surface area contributed by atoms with Gasteiger partial charge in [0.15, 0.2) is 28.4 Å². The molecule has 0 atom stereocenters. The maximum absolute atomic E-state index is 13.7. The first kappa shape index (κ1) is 31.2. The lowest BCUT2D eigenvalue weighted by molar-refractivity contribution is 0.0670. The van der Waals surface area contributed by atoms with Crippen molar-refractivity contribution in [2.45, 2.75) is 51.1 Å². The number of carbonyl (C=O) groups excluding carboxylic acids is 2. The van der Waals surface area contributed by atoms with Crippen LogP contribution in [-0.2, 0) is 12.0 Å². The number of aliphatic imine (C=N–C) groups is 1. The molecule has 0 saturated carbocycles. The first-order chi connectivity index (χ1) is 21.9. The zero-order chi connectivity index (χ0) is 32.6. The summed E-state index contributed by atoms with van der Waals surface area (Å²) in [4.78, 5) is 40.6. The number of ether oxygens (including phenoxy) is 1. The highest BCUT2D eigenvalue weighted by Gasteiger charge is 2.40. The van der Waals surface area contributed by atoms with Crippen LogP contribution in [0.3, 0.4) is 0 Å². The zero-order valence-corrected chi connectivity index (χ0v) is 26.9. The minimum atomic E-state index is -0.593. The molecule has 0 unspecified atom stereocenters. The number of guanidine groups is 1. The summed E-state index contributed by atoms with van der Waals surface area (Å²) < 4.78 is 8.14. The van der Waals surface area contributed by atoms with Crippen molar-refractivity contribution in [3.05, 3.63) is 76.7 Å². The van der Waals surface area contributed by atoms with E-state index in [1.807, 2.05) is 47.5 Å². The van der Waals surface area contributed by atoms with Crippen LogP contribution < -0.4 is 26.8 Å². The third-order valence-corrected chi connectivity index (χ3v) is 8.93. The topological polar surface area (TPSA) is 166 Å². The Labute approximate surface area is 272 Å². The molecule has 0 radical (unpaired) electrons. The average molecular weight is 644 g/mol. The largest absolute Gasteiger partial charge is 0.492 e. The summed E-state index contributed by atoms with van der Waals surface area (Å²) in [7, 11) is 0. The molecule has 46 heavy (non-hydrogen) atoms. The van der Waals surface area contributed by atoms with Crippen LogP contribution in [-0.4, -0.2) is 69.0 Å². The monoisotopic (exact) mass is 643 g/mol. The van der Waals surface area contributed by atoms with Gasteiger partial charge in [0.2, 0.25) is 0 Å². The Morgan fingerprint density at radius 3 is 2.50 bits per heavy atom. The second-order valence-electron chi connectivity index (χ2n) is 12.8. The van der Waals surface area contributed by atoms with Crippen LogP contribution >= 0.6 is 11.6 Å². The fraction of sp³-hybridized carbons (Fsp3) is 0.364. The van der Waals surface area contributed by atoms with Crippen molar-refractivity contribution in [2.75, 3.05) is 37.7 Å². The number of hydrogen-bond acceptors (Lipinski definition) is 9. The zero-order valence-electron chi connectivity index (χ0n) is 26.1. The molecule has 0 aliphatic carbocycles. The summed E-state index contributed by atoms with van der Waals surface area (Å²) in [6.07, 6.45) is 3.34. The number of carbonyl (C=O) groups is 2. The highest BCUT2D eigenvalue weighted by atomic mass is 35.5. The molecular formula is C33H38ClN9O3. The molecule has 2 aromatic carbocycles. The molecule has 12 nitrogen and oxygen atoms in total. The second-order valence-corrected chi connectivity index (χ2v) is 13.2. The van der Waals surface area contributed by atoms with Gasteiger partial charge in [0, 0.05) is 35.8 Å². The first-order valence-electron chi connectivity index (χ1n) is 15.3. The van der Waals surface area contributed by atoms with Gasteiger partial charge in [0.05, 0.1) is 18.6 Å². The van der Waals surface area contributed by atoms with Crippen molar-refractivity contribution >= 4 is 51.9 Å². The van der Waals surface area contributed by atoms with Crippen LogP contribution in [0.2, 0.25) is 5.15 Å². The number of fused-ring (bicyclic) bond motifs is 1. The number of likely N-dealkylation sites (tertiary alicyclic amines) is 1. The number of rotatable bonds is 6. The minimum absolute atomic E-state index is 0.00453. The van der Waals surface area contributed by atoms with Gasteiger partial charge in [-0.3, -0.25) is 19.9 Å². The number of anilines is 2. The molecule has 2 aliphatic heterocycles. The fourth-order valence-electron chi connectivity index (χ4n) is 5.92. The molecule has 1 fully saturated rings. The van der Waals surface area contributed by atoms with Crippen molar-refractivity contribution in [2.24, 2.45) is 4.99 Å². The third-order valence-electron chi connectivity index (χ3n) is 8.65. The molecule has 4 aromatic rings. The van der Waals surface area contributed by atoms with Gasteiger partial charge in [0.25, 0.3) is 11.8 Å². The number of halogens is 1. The number of amides is 2. The second kappa shape index (κ2) is 12.2. The van der Waals surface area contributed by atoms with Crippen molar-refractivity contribution in [1.29, 1.82) is 0 Å². The number of benzene rings is 2. The smallest absolute Gasteiger partial charge is 0.280 e. The minimum Gasteiger partial charge on any atom is -0.492 e. The molecule has 1 saturated heterocycles. The molecule has 1 spiro atoms. The molecule has 2 aromatic heterocycles. The molecule has 6 rings (SSSR count). The van der Waals surface area contributed by atoms with Crippen LogP contribution in [0.25, 0.3) is 10.9 Å². The van der Waals surface area contributed by atoms with Gasteiger partial charge in [0.1, 0.15) is 12.4 Å². The van der Waals surface area contributed by atoms with E-state index in [0.717, 1.165) is 16.7 Å². The van der Waals surface area contributed by atoms with Crippen LogP contribution in [0.4, 0.5) is 11.6 Å². The summed E-state index contributed by atoms with van der Waals surface area (Å²) >= 11 is 5.92. The number of nitrogen functional groups attached to an aromatic ring is 2. The van der Waals surface area contributed by atoms with Gasteiger partial charge in [-0.1, -0.05) is 50.6 Å². The Hall–Kier alpha value is -4.84. The maximum Gasteiger partial charge on any atom is 0.280 e. The number of nitrogens with two attached hydrogens (primary N) is 2. The van der Waals surface area contributed by atoms with Crippen LogP contribution in [0.5, 0.6) is 5.75 Å². The van der Waals surface area contributed by atoms with E-state index in [-0.39, 0.29) is 39.3 Å². The van der Waals surface area contributed by atoms with Crippen molar-refractivity contribution < 1.29 is 14.3 Å². The van der Waals surface area contributed by atoms with Crippen molar-refractivity contribution in [1.82, 2.24) is 30.1 Å². The van der Waals surface area contributed by atoms with Gasteiger partial charge in [-0.15, -0.1) is 0 Å². The van der Waals surface area contributed by atoms with E-state index < -0.39 is 5.91 Å². The lowest BCUT2D eigenvalue weighted by atomic mass is 9.87. The summed E-state index contributed by atoms with van der Waals surface area (Å²) in [6.45, 7) is 9.31. The van der Waals surface area contributed by atoms with E-state index in [1.165, 1.54) is 5.56 Å². The Morgan fingerprint density at radius 2 is 1.78 bits per heavy atom. The number of piperidine rings is 1. The number of nitrogens with one attached hydrogen (secondary N) is 2. The van der Waals surface area contributed by atoms with E-state index in [0.29, 0.717) is 57.2 Å². The van der Waals surface area contributed by atoms with E-state index in [9.17, 15) is 9.59 Å². The molecule has 4 heterocycles. The van der Waals surface area contributed by atoms with Gasteiger partial charge < -0.3 is 31.0 Å². The van der Waals surface area contributed by atoms with Gasteiger partial charge in [-0.25, -0.2) is 9.97 Å². The molecule has 6 N–H and O–H groups in total. The van der Waals surface area contributed by atoms with Crippen molar-refractivity contribution in [3.8, 4) is 5.75 Å². The van der Waals surface area contributed by atoms with E-state index in [2.05, 4.69) is 63.1 Å². The SMILES string of the molecule is CC(C)(C)c1ccc(OCCn2ccc3c(C(=O)N4CCC5(CC4)CN=C(NC(=O)c4nc(Cl)c(N)nc4N)N5)cccc32)cc1. The molecular weight excluding hydrogens is 606 g/mol. The Bertz CT molecular complexity index is 1820. The molecule has 240 valence electrons. The summed E-state index contributed by atoms with van der Waals surface area (Å²) in [6, 6.07) is 16.1. The van der Waals surface area contributed by atoms with Crippen molar-refractivity contribution in [3.63, 3.8) is 0 Å². The Morgan fingerprint density at radius 1 is 1.04 bits per heavy atom. The van der Waals surface area contributed by atoms with Gasteiger partial charge in [-0.05, 0) is 54.2 Å². The third kappa shape index (κ3) is 6.30. The number of aromatic nitrogens is 3. The Balaban J connectivity index is 1.04. The van der Waals surface area contributed by atoms with Crippen LogP contribution in [0.1, 0.15) is 60.0 Å². The van der Waals surface area contributed by atoms with Crippen LogP contribution in [0.15, 0.2) is 59.7 Å².